The van der Waals surface area contributed by atoms with Crippen LogP contribution in [0.2, 0.25) is 0 Å². The Labute approximate surface area is 76.1 Å². The standard InChI is InChI=1S/C7H14INO/c1-7(2,8)9-3-5-10-6-4-9/h3-6H2,1-2H3. The van der Waals surface area contributed by atoms with Crippen LogP contribution in [0, 0.1) is 0 Å². The fraction of sp³-hybridized carbons (Fsp3) is 1.00. The molecule has 1 heterocycles. The van der Waals surface area contributed by atoms with Crippen LogP contribution in [0.4, 0.5) is 0 Å². The Morgan fingerprint density at radius 2 is 1.80 bits per heavy atom. The van der Waals surface area contributed by atoms with Gasteiger partial charge >= 0.3 is 0 Å². The summed E-state index contributed by atoms with van der Waals surface area (Å²) in [7, 11) is 0. The van der Waals surface area contributed by atoms with E-state index >= 15 is 0 Å². The maximum absolute atomic E-state index is 5.25. The van der Waals surface area contributed by atoms with E-state index < -0.39 is 0 Å². The highest BCUT2D eigenvalue weighted by Gasteiger charge is 2.24. The van der Waals surface area contributed by atoms with Crippen molar-refractivity contribution in [1.29, 1.82) is 0 Å². The fourth-order valence-corrected chi connectivity index (χ4v) is 1.58. The lowest BCUT2D eigenvalue weighted by atomic mass is 10.3. The first-order valence-electron chi connectivity index (χ1n) is 3.62. The third kappa shape index (κ3) is 2.36. The molecule has 0 aromatic heterocycles. The van der Waals surface area contributed by atoms with Crippen molar-refractivity contribution < 1.29 is 4.74 Å². The molecule has 2 nitrogen and oxygen atoms in total. The molecule has 0 unspecified atom stereocenters. The molecule has 0 spiro atoms. The van der Waals surface area contributed by atoms with E-state index in [2.05, 4.69) is 41.3 Å². The molecule has 60 valence electrons. The molecule has 1 saturated heterocycles. The predicted octanol–water partition coefficient (Wildman–Crippen LogP) is 1.49. The molecule has 1 fully saturated rings. The summed E-state index contributed by atoms with van der Waals surface area (Å²) in [6, 6.07) is 0. The molecule has 0 radical (unpaired) electrons. The largest absolute Gasteiger partial charge is 0.379 e. The van der Waals surface area contributed by atoms with Crippen LogP contribution in [0.25, 0.3) is 0 Å². The van der Waals surface area contributed by atoms with Crippen molar-refractivity contribution >= 4 is 22.6 Å². The number of hydrogen-bond acceptors (Lipinski definition) is 2. The van der Waals surface area contributed by atoms with Gasteiger partial charge in [-0.15, -0.1) is 0 Å². The first kappa shape index (κ1) is 8.74. The number of hydrogen-bond donors (Lipinski definition) is 0. The van der Waals surface area contributed by atoms with Gasteiger partial charge in [-0.05, 0) is 13.8 Å². The van der Waals surface area contributed by atoms with Gasteiger partial charge in [-0.3, -0.25) is 4.90 Å². The van der Waals surface area contributed by atoms with Crippen molar-refractivity contribution in [1.82, 2.24) is 4.90 Å². The molecule has 10 heavy (non-hydrogen) atoms. The lowest BCUT2D eigenvalue weighted by Gasteiger charge is -2.36. The van der Waals surface area contributed by atoms with E-state index in [9.17, 15) is 0 Å². The van der Waals surface area contributed by atoms with Gasteiger partial charge in [0.25, 0.3) is 0 Å². The lowest BCUT2D eigenvalue weighted by molar-refractivity contribution is 0.0199. The molecule has 0 aromatic carbocycles. The molecular weight excluding hydrogens is 241 g/mol. The topological polar surface area (TPSA) is 12.5 Å². The minimum absolute atomic E-state index is 0.293. The van der Waals surface area contributed by atoms with Crippen LogP contribution in [0.5, 0.6) is 0 Å². The number of rotatable bonds is 1. The molecular formula is C7H14INO. The van der Waals surface area contributed by atoms with Gasteiger partial charge in [-0.1, -0.05) is 22.6 Å². The second kappa shape index (κ2) is 3.36. The van der Waals surface area contributed by atoms with Gasteiger partial charge < -0.3 is 4.74 Å². The van der Waals surface area contributed by atoms with Crippen molar-refractivity contribution in [3.63, 3.8) is 0 Å². The zero-order chi connectivity index (χ0) is 7.61. The lowest BCUT2D eigenvalue weighted by Crippen LogP contribution is -2.46. The third-order valence-corrected chi connectivity index (χ3v) is 2.45. The van der Waals surface area contributed by atoms with E-state index in [0.717, 1.165) is 26.3 Å². The number of ether oxygens (including phenoxy) is 1. The number of morpholine rings is 1. The van der Waals surface area contributed by atoms with Crippen molar-refractivity contribution in [2.75, 3.05) is 26.3 Å². The predicted molar refractivity (Wildman–Crippen MR) is 50.5 cm³/mol. The molecule has 0 amide bonds. The normalized spacial score (nSPS) is 23.1. The summed E-state index contributed by atoms with van der Waals surface area (Å²) in [6.07, 6.45) is 0. The van der Waals surface area contributed by atoms with E-state index in [1.165, 1.54) is 0 Å². The van der Waals surface area contributed by atoms with E-state index in [-0.39, 0.29) is 0 Å². The van der Waals surface area contributed by atoms with Gasteiger partial charge in [0.2, 0.25) is 0 Å². The van der Waals surface area contributed by atoms with E-state index in [1.807, 2.05) is 0 Å². The van der Waals surface area contributed by atoms with Gasteiger partial charge in [0.15, 0.2) is 0 Å². The highest BCUT2D eigenvalue weighted by molar-refractivity contribution is 14.1. The highest BCUT2D eigenvalue weighted by Crippen LogP contribution is 2.22. The summed E-state index contributed by atoms with van der Waals surface area (Å²) in [5, 5.41) is 0. The molecule has 0 N–H and O–H groups in total. The van der Waals surface area contributed by atoms with Gasteiger partial charge in [-0.25, -0.2) is 0 Å². The Kier molecular flexibility index (Phi) is 2.94. The van der Waals surface area contributed by atoms with E-state index in [1.54, 1.807) is 0 Å². The molecule has 0 saturated carbocycles. The molecule has 1 aliphatic rings. The summed E-state index contributed by atoms with van der Waals surface area (Å²) >= 11 is 2.47. The SMILES string of the molecule is CC(C)(I)N1CCOCC1. The quantitative estimate of drug-likeness (QED) is 0.400. The smallest absolute Gasteiger partial charge is 0.0674 e. The van der Waals surface area contributed by atoms with E-state index in [0.29, 0.717) is 3.55 Å². The van der Waals surface area contributed by atoms with Crippen LogP contribution >= 0.6 is 22.6 Å². The Morgan fingerprint density at radius 3 is 2.10 bits per heavy atom. The molecule has 1 rings (SSSR count). The molecule has 3 heteroatoms. The average Bonchev–Trinajstić information content (AvgIpc) is 1.88. The summed E-state index contributed by atoms with van der Waals surface area (Å²) in [6.45, 7) is 8.42. The second-order valence-corrected chi connectivity index (χ2v) is 5.65. The van der Waals surface area contributed by atoms with Crippen molar-refractivity contribution in [3.8, 4) is 0 Å². The van der Waals surface area contributed by atoms with Crippen LogP contribution in [0.15, 0.2) is 0 Å². The summed E-state index contributed by atoms with van der Waals surface area (Å²) in [5.41, 5.74) is 0. The first-order valence-corrected chi connectivity index (χ1v) is 4.70. The maximum atomic E-state index is 5.25. The molecule has 1 aliphatic heterocycles. The van der Waals surface area contributed by atoms with Crippen LogP contribution in [0.3, 0.4) is 0 Å². The number of alkyl halides is 1. The van der Waals surface area contributed by atoms with Gasteiger partial charge in [0.05, 0.1) is 16.8 Å². The summed E-state index contributed by atoms with van der Waals surface area (Å²) in [4.78, 5) is 2.44. The molecule has 0 aliphatic carbocycles. The average molecular weight is 255 g/mol. The number of halogens is 1. The molecule has 0 bridgehead atoms. The minimum atomic E-state index is 0.293. The molecule has 0 aromatic rings. The molecule has 0 atom stereocenters. The first-order chi connectivity index (χ1) is 4.61. The van der Waals surface area contributed by atoms with Gasteiger partial charge in [0.1, 0.15) is 0 Å². The third-order valence-electron chi connectivity index (χ3n) is 1.76. The Hall–Kier alpha value is 0.650. The zero-order valence-electron chi connectivity index (χ0n) is 6.56. The Morgan fingerprint density at radius 1 is 1.30 bits per heavy atom. The summed E-state index contributed by atoms with van der Waals surface area (Å²) in [5.74, 6) is 0. The van der Waals surface area contributed by atoms with Crippen molar-refractivity contribution in [2.45, 2.75) is 17.4 Å². The minimum Gasteiger partial charge on any atom is -0.379 e. The van der Waals surface area contributed by atoms with Gasteiger partial charge in [0, 0.05) is 13.1 Å². The highest BCUT2D eigenvalue weighted by atomic mass is 127. The zero-order valence-corrected chi connectivity index (χ0v) is 8.72. The second-order valence-electron chi connectivity index (χ2n) is 3.01. The van der Waals surface area contributed by atoms with Crippen LogP contribution in [0.1, 0.15) is 13.8 Å². The van der Waals surface area contributed by atoms with Crippen LogP contribution in [-0.2, 0) is 4.74 Å². The monoisotopic (exact) mass is 255 g/mol. The summed E-state index contributed by atoms with van der Waals surface area (Å²) < 4.78 is 5.54. The van der Waals surface area contributed by atoms with Gasteiger partial charge in [-0.2, -0.15) is 0 Å². The Bertz CT molecular complexity index is 105. The van der Waals surface area contributed by atoms with Crippen molar-refractivity contribution in [3.05, 3.63) is 0 Å². The van der Waals surface area contributed by atoms with Crippen LogP contribution in [-0.4, -0.2) is 34.7 Å². The number of nitrogens with zero attached hydrogens (tertiary/aromatic N) is 1. The fourth-order valence-electron chi connectivity index (χ4n) is 1.10. The van der Waals surface area contributed by atoms with E-state index in [4.69, 9.17) is 4.74 Å². The van der Waals surface area contributed by atoms with Crippen molar-refractivity contribution in [2.24, 2.45) is 0 Å². The Balaban J connectivity index is 2.39. The van der Waals surface area contributed by atoms with Crippen LogP contribution < -0.4 is 0 Å². The maximum Gasteiger partial charge on any atom is 0.0674 e.